The molecule has 0 aliphatic carbocycles. The normalized spacial score (nSPS) is 19.1. The number of anilines is 1. The molecule has 1 heterocycles. The molecule has 0 saturated heterocycles. The number of rotatable bonds is 2. The molecule has 0 bridgehead atoms. The fourth-order valence-corrected chi connectivity index (χ4v) is 3.80. The van der Waals surface area contributed by atoms with Gasteiger partial charge >= 0.3 is 0 Å². The van der Waals surface area contributed by atoms with Crippen molar-refractivity contribution < 1.29 is 9.90 Å². The van der Waals surface area contributed by atoms with Gasteiger partial charge in [0.15, 0.2) is 11.3 Å². The van der Waals surface area contributed by atoms with Gasteiger partial charge in [-0.25, -0.2) is 0 Å². The summed E-state index contributed by atoms with van der Waals surface area (Å²) in [6.45, 7) is 2.03. The molecule has 1 aliphatic rings. The molecule has 1 unspecified atom stereocenters. The van der Waals surface area contributed by atoms with Crippen molar-refractivity contribution in [1.29, 1.82) is 0 Å². The molecule has 1 aliphatic heterocycles. The second kappa shape index (κ2) is 5.49. The Morgan fingerprint density at radius 2 is 1.40 bits per heavy atom. The molecule has 124 valence electrons. The zero-order valence-corrected chi connectivity index (χ0v) is 14.2. The Kier molecular flexibility index (Phi) is 3.39. The molecule has 4 rings (SSSR count). The van der Waals surface area contributed by atoms with Gasteiger partial charge in [-0.1, -0.05) is 54.1 Å². The standard InChI is InChI=1S/C22H19NO2/c1-15-7-9-16(10-8-15)22(17-11-13-18(24)14-12-17)21(25)19-5-3-4-6-20(19)23(22)2/h3-14,24H,1-2H3. The van der Waals surface area contributed by atoms with Crippen LogP contribution in [0.3, 0.4) is 0 Å². The van der Waals surface area contributed by atoms with E-state index in [9.17, 15) is 9.90 Å². The number of Topliss-reactive ketones (excluding diaryl/α,β-unsaturated/α-hetero) is 1. The van der Waals surface area contributed by atoms with E-state index < -0.39 is 5.54 Å². The van der Waals surface area contributed by atoms with Crippen LogP contribution in [0.4, 0.5) is 5.69 Å². The third kappa shape index (κ3) is 2.09. The third-order valence-electron chi connectivity index (χ3n) is 5.10. The maximum absolute atomic E-state index is 13.6. The first-order valence-electron chi connectivity index (χ1n) is 8.29. The second-order valence-corrected chi connectivity index (χ2v) is 6.53. The summed E-state index contributed by atoms with van der Waals surface area (Å²) in [4.78, 5) is 15.6. The van der Waals surface area contributed by atoms with E-state index in [2.05, 4.69) is 0 Å². The van der Waals surface area contributed by atoms with E-state index in [1.807, 2.05) is 79.5 Å². The monoisotopic (exact) mass is 329 g/mol. The van der Waals surface area contributed by atoms with Gasteiger partial charge in [-0.3, -0.25) is 4.79 Å². The molecule has 0 fully saturated rings. The van der Waals surface area contributed by atoms with Crippen LogP contribution in [0.15, 0.2) is 72.8 Å². The van der Waals surface area contributed by atoms with Crippen LogP contribution in [0.2, 0.25) is 0 Å². The number of hydrogen-bond donors (Lipinski definition) is 1. The van der Waals surface area contributed by atoms with Crippen LogP contribution in [0.25, 0.3) is 0 Å². The molecule has 0 aromatic heterocycles. The maximum Gasteiger partial charge on any atom is 0.199 e. The Labute approximate surface area is 147 Å². The van der Waals surface area contributed by atoms with Crippen LogP contribution in [-0.2, 0) is 5.54 Å². The van der Waals surface area contributed by atoms with Crippen molar-refractivity contribution in [3.8, 4) is 5.75 Å². The van der Waals surface area contributed by atoms with Gasteiger partial charge in [-0.05, 0) is 42.3 Å². The molecule has 3 aromatic carbocycles. The van der Waals surface area contributed by atoms with Crippen LogP contribution in [-0.4, -0.2) is 17.9 Å². The van der Waals surface area contributed by atoms with E-state index in [-0.39, 0.29) is 11.5 Å². The van der Waals surface area contributed by atoms with E-state index in [1.54, 1.807) is 12.1 Å². The minimum absolute atomic E-state index is 0.0557. The van der Waals surface area contributed by atoms with Crippen molar-refractivity contribution in [2.45, 2.75) is 12.5 Å². The van der Waals surface area contributed by atoms with Crippen LogP contribution >= 0.6 is 0 Å². The predicted octanol–water partition coefficient (Wildman–Crippen LogP) is 4.28. The number of phenolic OH excluding ortho intramolecular Hbond substituents is 1. The van der Waals surface area contributed by atoms with E-state index in [4.69, 9.17) is 0 Å². The van der Waals surface area contributed by atoms with Crippen LogP contribution in [0.5, 0.6) is 5.75 Å². The molecule has 0 amide bonds. The molecule has 3 aromatic rings. The lowest BCUT2D eigenvalue weighted by Crippen LogP contribution is -2.46. The van der Waals surface area contributed by atoms with Crippen molar-refractivity contribution in [3.63, 3.8) is 0 Å². The van der Waals surface area contributed by atoms with Gasteiger partial charge in [-0.2, -0.15) is 0 Å². The number of ketones is 1. The highest BCUT2D eigenvalue weighted by Gasteiger charge is 2.52. The molecule has 25 heavy (non-hydrogen) atoms. The van der Waals surface area contributed by atoms with Crippen LogP contribution < -0.4 is 4.90 Å². The third-order valence-corrected chi connectivity index (χ3v) is 5.10. The Morgan fingerprint density at radius 1 is 0.840 bits per heavy atom. The SMILES string of the molecule is Cc1ccc(C2(c3ccc(O)cc3)C(=O)c3ccccc3N2C)cc1. The first-order valence-corrected chi connectivity index (χ1v) is 8.29. The first kappa shape index (κ1) is 15.5. The first-order chi connectivity index (χ1) is 12.0. The Bertz CT molecular complexity index is 897. The molecule has 1 atom stereocenters. The number of para-hydroxylation sites is 1. The van der Waals surface area contributed by atoms with Crippen molar-refractivity contribution in [2.75, 3.05) is 11.9 Å². The molecule has 0 spiro atoms. The van der Waals surface area contributed by atoms with E-state index in [0.717, 1.165) is 27.9 Å². The van der Waals surface area contributed by atoms with Gasteiger partial charge in [0.25, 0.3) is 0 Å². The summed E-state index contributed by atoms with van der Waals surface area (Å²) in [6.07, 6.45) is 0. The highest BCUT2D eigenvalue weighted by Crippen LogP contribution is 2.48. The van der Waals surface area contributed by atoms with Crippen molar-refractivity contribution >= 4 is 11.5 Å². The zero-order valence-electron chi connectivity index (χ0n) is 14.2. The molecule has 1 N–H and O–H groups in total. The fraction of sp³-hybridized carbons (Fsp3) is 0.136. The Morgan fingerprint density at radius 3 is 2.00 bits per heavy atom. The lowest BCUT2D eigenvalue weighted by Gasteiger charge is -2.37. The van der Waals surface area contributed by atoms with E-state index in [1.165, 1.54) is 0 Å². The number of fused-ring (bicyclic) bond motifs is 1. The Balaban J connectivity index is 2.03. The predicted molar refractivity (Wildman–Crippen MR) is 99.2 cm³/mol. The highest BCUT2D eigenvalue weighted by atomic mass is 16.3. The minimum atomic E-state index is -0.926. The number of hydrogen-bond acceptors (Lipinski definition) is 3. The zero-order chi connectivity index (χ0) is 17.6. The highest BCUT2D eigenvalue weighted by molar-refractivity contribution is 6.16. The molecule has 3 heteroatoms. The summed E-state index contributed by atoms with van der Waals surface area (Å²) in [5.74, 6) is 0.244. The number of carbonyl (C=O) groups excluding carboxylic acids is 1. The van der Waals surface area contributed by atoms with Gasteiger partial charge < -0.3 is 10.0 Å². The van der Waals surface area contributed by atoms with Gasteiger partial charge in [0.05, 0.1) is 0 Å². The molecule has 3 nitrogen and oxygen atoms in total. The van der Waals surface area contributed by atoms with Gasteiger partial charge in [0.2, 0.25) is 0 Å². The van der Waals surface area contributed by atoms with Crippen molar-refractivity contribution in [1.82, 2.24) is 0 Å². The quantitative estimate of drug-likeness (QED) is 0.763. The number of likely N-dealkylation sites (N-methyl/N-ethyl adjacent to an activating group) is 1. The number of nitrogens with zero attached hydrogens (tertiary/aromatic N) is 1. The lowest BCUT2D eigenvalue weighted by molar-refractivity contribution is 0.0928. The van der Waals surface area contributed by atoms with Gasteiger partial charge in [-0.15, -0.1) is 0 Å². The van der Waals surface area contributed by atoms with Crippen LogP contribution in [0.1, 0.15) is 27.0 Å². The average molecular weight is 329 g/mol. The van der Waals surface area contributed by atoms with Crippen molar-refractivity contribution in [2.24, 2.45) is 0 Å². The van der Waals surface area contributed by atoms with E-state index >= 15 is 0 Å². The number of aryl methyl sites for hydroxylation is 1. The summed E-state index contributed by atoms with van der Waals surface area (Å²) in [7, 11) is 1.95. The summed E-state index contributed by atoms with van der Waals surface area (Å²) in [6, 6.07) is 22.7. The number of carbonyl (C=O) groups is 1. The number of phenols is 1. The average Bonchev–Trinajstić information content (AvgIpc) is 2.86. The molecule has 0 saturated carbocycles. The number of aromatic hydroxyl groups is 1. The molecular formula is C22H19NO2. The number of benzene rings is 3. The summed E-state index contributed by atoms with van der Waals surface area (Å²) in [5, 5.41) is 9.70. The van der Waals surface area contributed by atoms with E-state index in [0.29, 0.717) is 0 Å². The van der Waals surface area contributed by atoms with Gasteiger partial charge in [0, 0.05) is 18.3 Å². The van der Waals surface area contributed by atoms with Crippen molar-refractivity contribution in [3.05, 3.63) is 95.1 Å². The maximum atomic E-state index is 13.6. The smallest absolute Gasteiger partial charge is 0.199 e. The minimum Gasteiger partial charge on any atom is -0.508 e. The summed E-state index contributed by atoms with van der Waals surface area (Å²) >= 11 is 0. The summed E-state index contributed by atoms with van der Waals surface area (Å²) < 4.78 is 0. The Hall–Kier alpha value is -3.07. The second-order valence-electron chi connectivity index (χ2n) is 6.53. The molecular weight excluding hydrogens is 310 g/mol. The largest absolute Gasteiger partial charge is 0.508 e. The van der Waals surface area contributed by atoms with Gasteiger partial charge in [0.1, 0.15) is 5.75 Å². The van der Waals surface area contributed by atoms with Crippen LogP contribution in [0, 0.1) is 6.92 Å². The topological polar surface area (TPSA) is 40.5 Å². The molecule has 0 radical (unpaired) electrons. The summed E-state index contributed by atoms with van der Waals surface area (Å²) in [5.41, 5.74) is 3.63. The lowest BCUT2D eigenvalue weighted by atomic mass is 9.78. The fourth-order valence-electron chi connectivity index (χ4n) is 3.80.